The Labute approximate surface area is 148 Å². The molecule has 0 spiro atoms. The maximum Gasteiger partial charge on any atom is 0.271 e. The number of amides is 1. The van der Waals surface area contributed by atoms with Crippen LogP contribution in [0.3, 0.4) is 0 Å². The van der Waals surface area contributed by atoms with Crippen molar-refractivity contribution in [3.63, 3.8) is 0 Å². The number of hydrogen-bond donors (Lipinski definition) is 1. The molecule has 1 N–H and O–H groups in total. The summed E-state index contributed by atoms with van der Waals surface area (Å²) in [6, 6.07) is 16.1. The number of ketones is 1. The minimum absolute atomic E-state index is 0.138. The SMILES string of the molecule is O=C(NN=C1C(=O)c2cccc3cccc1c23)c1ccc2c(c1)OCO2. The highest BCUT2D eigenvalue weighted by atomic mass is 16.7. The average Bonchev–Trinajstić information content (AvgIpc) is 3.24. The number of rotatable bonds is 2. The second-order valence-corrected chi connectivity index (χ2v) is 6.01. The zero-order valence-corrected chi connectivity index (χ0v) is 13.5. The van der Waals surface area contributed by atoms with Gasteiger partial charge in [0.25, 0.3) is 5.91 Å². The third kappa shape index (κ3) is 2.09. The molecule has 6 heteroatoms. The molecule has 5 rings (SSSR count). The first kappa shape index (κ1) is 14.7. The summed E-state index contributed by atoms with van der Waals surface area (Å²) in [5.41, 5.74) is 4.42. The van der Waals surface area contributed by atoms with E-state index >= 15 is 0 Å². The van der Waals surface area contributed by atoms with E-state index in [1.165, 1.54) is 0 Å². The minimum atomic E-state index is -0.424. The van der Waals surface area contributed by atoms with Crippen LogP contribution in [0.1, 0.15) is 26.3 Å². The Morgan fingerprint density at radius 2 is 1.73 bits per heavy atom. The van der Waals surface area contributed by atoms with Crippen LogP contribution in [0.4, 0.5) is 0 Å². The fourth-order valence-electron chi connectivity index (χ4n) is 3.30. The summed E-state index contributed by atoms with van der Waals surface area (Å²) >= 11 is 0. The van der Waals surface area contributed by atoms with Crippen LogP contribution in [0.25, 0.3) is 10.8 Å². The zero-order chi connectivity index (χ0) is 17.7. The summed E-state index contributed by atoms with van der Waals surface area (Å²) in [6.07, 6.45) is 0. The Bertz CT molecular complexity index is 1130. The van der Waals surface area contributed by atoms with Crippen molar-refractivity contribution < 1.29 is 19.1 Å². The highest BCUT2D eigenvalue weighted by molar-refractivity contribution is 6.59. The average molecular weight is 344 g/mol. The van der Waals surface area contributed by atoms with Gasteiger partial charge >= 0.3 is 0 Å². The standard InChI is InChI=1S/C20H12N2O4/c23-19-14-6-2-4-11-3-1-5-13(17(11)14)18(19)21-22-20(24)12-7-8-15-16(9-12)26-10-25-15/h1-9H,10H2,(H,22,24). The quantitative estimate of drug-likeness (QED) is 0.725. The van der Waals surface area contributed by atoms with Crippen LogP contribution in [0.5, 0.6) is 11.5 Å². The van der Waals surface area contributed by atoms with E-state index in [1.807, 2.05) is 30.3 Å². The number of ether oxygens (including phenoxy) is 2. The van der Waals surface area contributed by atoms with Crippen molar-refractivity contribution in [1.82, 2.24) is 5.43 Å². The number of hydrazone groups is 1. The molecule has 0 fully saturated rings. The van der Waals surface area contributed by atoms with Crippen LogP contribution < -0.4 is 14.9 Å². The van der Waals surface area contributed by atoms with Crippen molar-refractivity contribution in [3.05, 3.63) is 71.3 Å². The lowest BCUT2D eigenvalue weighted by atomic mass is 10.1. The Morgan fingerprint density at radius 3 is 2.58 bits per heavy atom. The number of nitrogens with zero attached hydrogens (tertiary/aromatic N) is 1. The van der Waals surface area contributed by atoms with Crippen LogP contribution in [-0.2, 0) is 0 Å². The topological polar surface area (TPSA) is 77.0 Å². The zero-order valence-electron chi connectivity index (χ0n) is 13.5. The monoisotopic (exact) mass is 344 g/mol. The number of nitrogens with one attached hydrogen (secondary N) is 1. The van der Waals surface area contributed by atoms with Crippen LogP contribution in [0.15, 0.2) is 59.7 Å². The molecule has 6 nitrogen and oxygen atoms in total. The van der Waals surface area contributed by atoms with E-state index in [1.54, 1.807) is 24.3 Å². The Balaban J connectivity index is 1.48. The van der Waals surface area contributed by atoms with E-state index in [0.29, 0.717) is 22.6 Å². The van der Waals surface area contributed by atoms with Crippen LogP contribution in [0.2, 0.25) is 0 Å². The third-order valence-corrected chi connectivity index (χ3v) is 4.52. The van der Waals surface area contributed by atoms with Crippen LogP contribution >= 0.6 is 0 Å². The van der Waals surface area contributed by atoms with Gasteiger partial charge in [0.1, 0.15) is 5.71 Å². The number of carbonyl (C=O) groups is 2. The van der Waals surface area contributed by atoms with Gasteiger partial charge in [0.05, 0.1) is 0 Å². The van der Waals surface area contributed by atoms with Gasteiger partial charge in [-0.3, -0.25) is 9.59 Å². The van der Waals surface area contributed by atoms with E-state index in [2.05, 4.69) is 10.5 Å². The number of fused-ring (bicyclic) bond motifs is 1. The maximum absolute atomic E-state index is 12.7. The largest absolute Gasteiger partial charge is 0.454 e. The number of hydrogen-bond acceptors (Lipinski definition) is 5. The predicted octanol–water partition coefficient (Wildman–Crippen LogP) is 2.90. The second kappa shape index (κ2) is 5.42. The molecule has 126 valence electrons. The van der Waals surface area contributed by atoms with E-state index < -0.39 is 5.91 Å². The Morgan fingerprint density at radius 1 is 0.962 bits per heavy atom. The molecule has 3 aromatic carbocycles. The Kier molecular flexibility index (Phi) is 3.05. The van der Waals surface area contributed by atoms with Gasteiger partial charge in [0.2, 0.25) is 12.6 Å². The Hall–Kier alpha value is -3.67. The summed E-state index contributed by atoms with van der Waals surface area (Å²) in [5.74, 6) is 0.495. The normalized spacial score (nSPS) is 15.7. The molecule has 1 aliphatic heterocycles. The van der Waals surface area contributed by atoms with Crippen molar-refractivity contribution in [3.8, 4) is 11.5 Å². The van der Waals surface area contributed by atoms with Crippen LogP contribution in [0, 0.1) is 0 Å². The van der Waals surface area contributed by atoms with Crippen molar-refractivity contribution in [2.45, 2.75) is 0 Å². The van der Waals surface area contributed by atoms with E-state index in [9.17, 15) is 9.59 Å². The number of carbonyl (C=O) groups excluding carboxylic acids is 2. The van der Waals surface area contributed by atoms with Crippen LogP contribution in [-0.4, -0.2) is 24.2 Å². The highest BCUT2D eigenvalue weighted by Gasteiger charge is 2.29. The first-order chi connectivity index (χ1) is 12.7. The van der Waals surface area contributed by atoms with Crippen molar-refractivity contribution >= 4 is 28.2 Å². The first-order valence-corrected chi connectivity index (χ1v) is 8.07. The fraction of sp³-hybridized carbons (Fsp3) is 0.0500. The van der Waals surface area contributed by atoms with Crippen molar-refractivity contribution in [1.29, 1.82) is 0 Å². The van der Waals surface area contributed by atoms with E-state index in [0.717, 1.165) is 16.3 Å². The predicted molar refractivity (Wildman–Crippen MR) is 94.8 cm³/mol. The summed E-state index contributed by atoms with van der Waals surface area (Å²) in [7, 11) is 0. The lowest BCUT2D eigenvalue weighted by Gasteiger charge is -2.03. The lowest BCUT2D eigenvalue weighted by Crippen LogP contribution is -2.22. The fourth-order valence-corrected chi connectivity index (χ4v) is 3.30. The van der Waals surface area contributed by atoms with Gasteiger partial charge < -0.3 is 9.47 Å². The summed E-state index contributed by atoms with van der Waals surface area (Å²) in [5, 5.41) is 5.95. The second-order valence-electron chi connectivity index (χ2n) is 6.01. The van der Waals surface area contributed by atoms with Gasteiger partial charge in [-0.1, -0.05) is 36.4 Å². The molecule has 0 atom stereocenters. The van der Waals surface area contributed by atoms with E-state index in [-0.39, 0.29) is 18.3 Å². The van der Waals surface area contributed by atoms with Gasteiger partial charge in [0.15, 0.2) is 11.5 Å². The summed E-state index contributed by atoms with van der Waals surface area (Å²) < 4.78 is 10.5. The highest BCUT2D eigenvalue weighted by Crippen LogP contribution is 2.33. The molecule has 2 aliphatic rings. The first-order valence-electron chi connectivity index (χ1n) is 8.07. The van der Waals surface area contributed by atoms with Gasteiger partial charge in [-0.25, -0.2) is 5.43 Å². The molecule has 0 saturated heterocycles. The molecule has 0 unspecified atom stereocenters. The van der Waals surface area contributed by atoms with Gasteiger partial charge in [0, 0.05) is 22.1 Å². The number of benzene rings is 3. The van der Waals surface area contributed by atoms with Gasteiger partial charge in [-0.15, -0.1) is 0 Å². The summed E-state index contributed by atoms with van der Waals surface area (Å²) in [4.78, 5) is 25.1. The molecule has 1 amide bonds. The number of Topliss-reactive ketones (excluding diaryl/α,β-unsaturated/α-hetero) is 1. The minimum Gasteiger partial charge on any atom is -0.454 e. The molecule has 0 aromatic heterocycles. The van der Waals surface area contributed by atoms with E-state index in [4.69, 9.17) is 9.47 Å². The van der Waals surface area contributed by atoms with Gasteiger partial charge in [-0.2, -0.15) is 5.10 Å². The molecule has 26 heavy (non-hydrogen) atoms. The molecule has 0 bridgehead atoms. The maximum atomic E-state index is 12.7. The smallest absolute Gasteiger partial charge is 0.271 e. The van der Waals surface area contributed by atoms with Crippen molar-refractivity contribution in [2.24, 2.45) is 5.10 Å². The van der Waals surface area contributed by atoms with Crippen molar-refractivity contribution in [2.75, 3.05) is 6.79 Å². The lowest BCUT2D eigenvalue weighted by molar-refractivity contribution is 0.0954. The molecule has 0 radical (unpaired) electrons. The molecule has 3 aromatic rings. The summed E-state index contributed by atoms with van der Waals surface area (Å²) in [6.45, 7) is 0.138. The molecule has 0 saturated carbocycles. The molecule has 1 heterocycles. The molecular formula is C20H12N2O4. The third-order valence-electron chi connectivity index (χ3n) is 4.52. The molecular weight excluding hydrogens is 332 g/mol. The van der Waals surface area contributed by atoms with Gasteiger partial charge in [-0.05, 0) is 23.6 Å². The molecule has 1 aliphatic carbocycles.